The molecule has 2 aromatic heterocycles. The van der Waals surface area contributed by atoms with Crippen LogP contribution in [-0.2, 0) is 27.1 Å². The lowest BCUT2D eigenvalue weighted by molar-refractivity contribution is 0.590. The van der Waals surface area contributed by atoms with Gasteiger partial charge in [0.15, 0.2) is 34.9 Å². The Morgan fingerprint density at radius 1 is 0.202 bits per heavy atom. The van der Waals surface area contributed by atoms with E-state index in [0.29, 0.717) is 34.9 Å². The summed E-state index contributed by atoms with van der Waals surface area (Å²) in [5, 5.41) is 0. The van der Waals surface area contributed by atoms with Crippen LogP contribution in [0.15, 0.2) is 231 Å². The molecule has 0 radical (unpaired) electrons. The Morgan fingerprint density at radius 2 is 0.404 bits per heavy atom. The Labute approximate surface area is 525 Å². The van der Waals surface area contributed by atoms with Gasteiger partial charge in [0.2, 0.25) is 0 Å². The summed E-state index contributed by atoms with van der Waals surface area (Å²) in [6.07, 6.45) is 0. The maximum atomic E-state index is 5.17. The fraction of sp³-hybridized carbons (Fsp3) is 0.205. The number of fused-ring (bicyclic) bond motifs is 10. The third-order valence-electron chi connectivity index (χ3n) is 18.3. The summed E-state index contributed by atoms with van der Waals surface area (Å²) in [6, 6.07) is 84.4. The molecule has 2 aliphatic carbocycles. The van der Waals surface area contributed by atoms with Gasteiger partial charge in [-0.25, -0.2) is 29.9 Å². The maximum absolute atomic E-state index is 5.17. The Hall–Kier alpha value is -9.78. The van der Waals surface area contributed by atoms with Crippen molar-refractivity contribution in [2.75, 3.05) is 0 Å². The molecular formula is C83H74N6. The van der Waals surface area contributed by atoms with Gasteiger partial charge in [-0.2, -0.15) is 0 Å². The van der Waals surface area contributed by atoms with Crippen LogP contribution in [0.1, 0.15) is 128 Å². The molecule has 2 heterocycles. The number of benzene rings is 10. The average Bonchev–Trinajstić information content (AvgIpc) is 1.52. The first-order valence-electron chi connectivity index (χ1n) is 31.2. The van der Waals surface area contributed by atoms with Gasteiger partial charge in [-0.3, -0.25) is 0 Å². The molecule has 14 rings (SSSR count). The van der Waals surface area contributed by atoms with Crippen LogP contribution in [0.5, 0.6) is 0 Å². The van der Waals surface area contributed by atoms with Crippen molar-refractivity contribution in [1.82, 2.24) is 29.9 Å². The normalized spacial score (nSPS) is 13.3. The predicted octanol–water partition coefficient (Wildman–Crippen LogP) is 20.9. The van der Waals surface area contributed by atoms with E-state index < -0.39 is 5.41 Å². The molecule has 0 saturated carbocycles. The van der Waals surface area contributed by atoms with Gasteiger partial charge in [-0.05, 0) is 123 Å². The van der Waals surface area contributed by atoms with Crippen LogP contribution in [-0.4, -0.2) is 29.9 Å². The second-order valence-corrected chi connectivity index (χ2v) is 28.4. The zero-order valence-electron chi connectivity index (χ0n) is 53.1. The number of nitrogens with zero attached hydrogens (tertiary/aromatic N) is 6. The lowest BCUT2D eigenvalue weighted by Crippen LogP contribution is -2.26. The fourth-order valence-electron chi connectivity index (χ4n) is 13.1. The van der Waals surface area contributed by atoms with Crippen LogP contribution >= 0.6 is 0 Å². The Kier molecular flexibility index (Phi) is 13.6. The smallest absolute Gasteiger partial charge is 0.164 e. The second-order valence-electron chi connectivity index (χ2n) is 28.4. The van der Waals surface area contributed by atoms with Crippen LogP contribution in [0.2, 0.25) is 0 Å². The zero-order chi connectivity index (χ0) is 61.8. The van der Waals surface area contributed by atoms with Gasteiger partial charge in [0, 0.05) is 33.4 Å². The Bertz CT molecular complexity index is 4230. The van der Waals surface area contributed by atoms with Crippen molar-refractivity contribution in [3.05, 3.63) is 275 Å². The van der Waals surface area contributed by atoms with Crippen molar-refractivity contribution < 1.29 is 0 Å². The molecule has 6 nitrogen and oxygen atoms in total. The van der Waals surface area contributed by atoms with Gasteiger partial charge >= 0.3 is 0 Å². The predicted molar refractivity (Wildman–Crippen MR) is 368 cm³/mol. The summed E-state index contributed by atoms with van der Waals surface area (Å²) in [5.74, 6) is 3.86. The molecule has 0 unspecified atom stereocenters. The topological polar surface area (TPSA) is 77.3 Å². The first kappa shape index (κ1) is 57.0. The van der Waals surface area contributed by atoms with E-state index in [1.165, 1.54) is 66.8 Å². The van der Waals surface area contributed by atoms with E-state index in [0.717, 1.165) is 55.6 Å². The molecule has 0 fully saturated rings. The molecule has 12 aromatic rings. The summed E-state index contributed by atoms with van der Waals surface area (Å²) in [4.78, 5) is 30.9. The van der Waals surface area contributed by atoms with Crippen molar-refractivity contribution in [1.29, 1.82) is 0 Å². The number of hydrogen-bond donors (Lipinski definition) is 0. The van der Waals surface area contributed by atoms with Gasteiger partial charge < -0.3 is 0 Å². The molecule has 89 heavy (non-hydrogen) atoms. The minimum Gasteiger partial charge on any atom is -0.208 e. The number of rotatable bonds is 8. The highest BCUT2D eigenvalue weighted by atomic mass is 15.0. The van der Waals surface area contributed by atoms with Crippen molar-refractivity contribution in [3.8, 4) is 113 Å². The maximum Gasteiger partial charge on any atom is 0.164 e. The molecule has 0 atom stereocenters. The van der Waals surface area contributed by atoms with E-state index in [2.05, 4.69) is 314 Å². The SMILES string of the molecule is CC(C)(C)c1ccc(-c2nc(-c3ccc(-c4ccc5c(c4)C4(c6ccccc6-5)c5ccccc5-c5ccc(-c6ccc(-c7nc(-c8ccc(C(C)(C)C)cc8)nc(-c8ccc(C(C)(C)C)cc8)n7)cc6)cc54)cc3)nc(-c3ccc(C(C)(C)C)cc3)n2)cc1. The summed E-state index contributed by atoms with van der Waals surface area (Å²) >= 11 is 0. The van der Waals surface area contributed by atoms with E-state index in [9.17, 15) is 0 Å². The minimum absolute atomic E-state index is 0.0243. The summed E-state index contributed by atoms with van der Waals surface area (Å²) in [6.45, 7) is 26.8. The van der Waals surface area contributed by atoms with Gasteiger partial charge in [0.05, 0.1) is 5.41 Å². The van der Waals surface area contributed by atoms with Crippen LogP contribution in [0, 0.1) is 0 Å². The Balaban J connectivity index is 0.833. The van der Waals surface area contributed by atoms with E-state index in [-0.39, 0.29) is 21.7 Å². The average molecular weight is 1160 g/mol. The molecule has 2 aliphatic rings. The highest BCUT2D eigenvalue weighted by Crippen LogP contribution is 2.63. The van der Waals surface area contributed by atoms with Gasteiger partial charge in [0.1, 0.15) is 0 Å². The largest absolute Gasteiger partial charge is 0.208 e. The van der Waals surface area contributed by atoms with Crippen LogP contribution in [0.3, 0.4) is 0 Å². The van der Waals surface area contributed by atoms with Crippen molar-refractivity contribution in [2.45, 2.75) is 110 Å². The van der Waals surface area contributed by atoms with Crippen LogP contribution in [0.25, 0.3) is 113 Å². The first-order chi connectivity index (χ1) is 42.6. The third kappa shape index (κ3) is 10.3. The minimum atomic E-state index is -0.564. The van der Waals surface area contributed by atoms with Crippen molar-refractivity contribution in [3.63, 3.8) is 0 Å². The Morgan fingerprint density at radius 3 is 0.652 bits per heavy atom. The molecule has 0 bridgehead atoms. The molecule has 10 aromatic carbocycles. The summed E-state index contributed by atoms with van der Waals surface area (Å²) in [5.41, 5.74) is 24.9. The van der Waals surface area contributed by atoms with Gasteiger partial charge in [-0.1, -0.05) is 301 Å². The summed E-state index contributed by atoms with van der Waals surface area (Å²) in [7, 11) is 0. The van der Waals surface area contributed by atoms with E-state index >= 15 is 0 Å². The van der Waals surface area contributed by atoms with E-state index in [4.69, 9.17) is 29.9 Å². The number of hydrogen-bond acceptors (Lipinski definition) is 6. The van der Waals surface area contributed by atoms with Crippen molar-refractivity contribution >= 4 is 0 Å². The molecule has 436 valence electrons. The standard InChI is InChI=1S/C83H74N6/c1-79(2,3)61-39-29-55(30-40-61)75-84-73(85-76(88-75)56-31-41-62(42-32-56)80(4,5)6)53-25-21-51(22-26-53)59-37-47-67-65-17-13-15-19-69(65)83(71(67)49-59)70-20-16-14-18-66(70)68-48-38-60(50-72(68)83)52-23-27-54(28-24-52)74-86-77(57-33-43-63(44-34-57)81(7,8)9)89-78(87-74)58-35-45-64(46-36-58)82(10,11)12/h13-50H,1-12H3. The monoisotopic (exact) mass is 1150 g/mol. The number of aromatic nitrogens is 6. The quantitative estimate of drug-likeness (QED) is 0.151. The molecule has 1 spiro atoms. The first-order valence-corrected chi connectivity index (χ1v) is 31.2. The second kappa shape index (κ2) is 21.2. The fourth-order valence-corrected chi connectivity index (χ4v) is 13.1. The lowest BCUT2D eigenvalue weighted by atomic mass is 9.70. The van der Waals surface area contributed by atoms with Gasteiger partial charge in [-0.15, -0.1) is 0 Å². The highest BCUT2D eigenvalue weighted by Gasteiger charge is 2.52. The van der Waals surface area contributed by atoms with Crippen molar-refractivity contribution in [2.24, 2.45) is 0 Å². The molecule has 0 N–H and O–H groups in total. The molecule has 0 aliphatic heterocycles. The van der Waals surface area contributed by atoms with E-state index in [1.54, 1.807) is 0 Å². The van der Waals surface area contributed by atoms with E-state index in [1.807, 2.05) is 0 Å². The van der Waals surface area contributed by atoms with Gasteiger partial charge in [0.25, 0.3) is 0 Å². The molecule has 6 heteroatoms. The lowest BCUT2D eigenvalue weighted by Gasteiger charge is -2.31. The zero-order valence-corrected chi connectivity index (χ0v) is 53.1. The highest BCUT2D eigenvalue weighted by molar-refractivity contribution is 5.97. The third-order valence-corrected chi connectivity index (χ3v) is 18.3. The molecule has 0 amide bonds. The van der Waals surface area contributed by atoms with Crippen LogP contribution in [0.4, 0.5) is 0 Å². The van der Waals surface area contributed by atoms with Crippen LogP contribution < -0.4 is 0 Å². The summed E-state index contributed by atoms with van der Waals surface area (Å²) < 4.78 is 0. The molecule has 0 saturated heterocycles. The molecular weight excluding hydrogens is 1080 g/mol.